The summed E-state index contributed by atoms with van der Waals surface area (Å²) >= 11 is 0. The van der Waals surface area contributed by atoms with Gasteiger partial charge in [0.05, 0.1) is 5.69 Å². The Hall–Kier alpha value is -1.11. The molecule has 12 heavy (non-hydrogen) atoms. The summed E-state index contributed by atoms with van der Waals surface area (Å²) in [5, 5.41) is 0. The highest BCUT2D eigenvalue weighted by molar-refractivity contribution is 5.60. The van der Waals surface area contributed by atoms with Gasteiger partial charge in [-0.3, -0.25) is 4.98 Å². The first-order chi connectivity index (χ1) is 5.74. The lowest BCUT2D eigenvalue weighted by Crippen LogP contribution is -1.85. The minimum absolute atomic E-state index is 1.07. The third-order valence-corrected chi connectivity index (χ3v) is 1.83. The monoisotopic (exact) mass is 161 g/mol. The molecule has 0 spiro atoms. The first kappa shape index (κ1) is 8.98. The quantitative estimate of drug-likeness (QED) is 0.649. The molecule has 0 saturated carbocycles. The second-order valence-electron chi connectivity index (χ2n) is 3.02. The molecule has 0 fully saturated rings. The molecule has 1 nitrogen and oxygen atoms in total. The van der Waals surface area contributed by atoms with E-state index >= 15 is 0 Å². The standard InChI is InChI=1S/C11H15N/c1-4-5-10(3)11-7-6-9(2)8-12-11/h5-8H,4H2,1-3H3/b10-5+. The van der Waals surface area contributed by atoms with Crippen LogP contribution >= 0.6 is 0 Å². The molecule has 1 heteroatoms. The molecule has 0 amide bonds. The fourth-order valence-corrected chi connectivity index (χ4v) is 1.11. The molecule has 0 saturated heterocycles. The van der Waals surface area contributed by atoms with Crippen molar-refractivity contribution in [2.45, 2.75) is 27.2 Å². The van der Waals surface area contributed by atoms with Crippen molar-refractivity contribution in [3.63, 3.8) is 0 Å². The molecule has 64 valence electrons. The summed E-state index contributed by atoms with van der Waals surface area (Å²) in [6.07, 6.45) is 5.17. The summed E-state index contributed by atoms with van der Waals surface area (Å²) in [5.41, 5.74) is 3.56. The lowest BCUT2D eigenvalue weighted by Gasteiger charge is -1.99. The Kier molecular flexibility index (Phi) is 3.03. The first-order valence-corrected chi connectivity index (χ1v) is 4.34. The SMILES string of the molecule is CC/C=C(\C)c1ccc(C)cn1. The van der Waals surface area contributed by atoms with E-state index in [-0.39, 0.29) is 0 Å². The Morgan fingerprint density at radius 1 is 1.50 bits per heavy atom. The molecule has 1 heterocycles. The van der Waals surface area contributed by atoms with Crippen molar-refractivity contribution >= 4 is 5.57 Å². The maximum Gasteiger partial charge on any atom is 0.0655 e. The van der Waals surface area contributed by atoms with Crippen LogP contribution in [0.25, 0.3) is 5.57 Å². The maximum atomic E-state index is 4.33. The number of allylic oxidation sites excluding steroid dienone is 2. The van der Waals surface area contributed by atoms with Crippen molar-refractivity contribution in [3.05, 3.63) is 35.7 Å². The van der Waals surface area contributed by atoms with Crippen LogP contribution in [0, 0.1) is 6.92 Å². The van der Waals surface area contributed by atoms with E-state index in [4.69, 9.17) is 0 Å². The molecule has 0 unspecified atom stereocenters. The summed E-state index contributed by atoms with van der Waals surface area (Å²) in [5.74, 6) is 0. The third-order valence-electron chi connectivity index (χ3n) is 1.83. The molecule has 1 rings (SSSR count). The maximum absolute atomic E-state index is 4.33. The number of hydrogen-bond acceptors (Lipinski definition) is 1. The second kappa shape index (κ2) is 4.05. The van der Waals surface area contributed by atoms with E-state index in [0.29, 0.717) is 0 Å². The number of rotatable bonds is 2. The van der Waals surface area contributed by atoms with Crippen molar-refractivity contribution < 1.29 is 0 Å². The Bertz CT molecular complexity index is 270. The lowest BCUT2D eigenvalue weighted by atomic mass is 10.1. The molecule has 0 aromatic carbocycles. The van der Waals surface area contributed by atoms with Crippen LogP contribution in [0.15, 0.2) is 24.4 Å². The molecule has 0 aliphatic rings. The van der Waals surface area contributed by atoms with Gasteiger partial charge in [0.25, 0.3) is 0 Å². The van der Waals surface area contributed by atoms with Crippen LogP contribution in [0.2, 0.25) is 0 Å². The zero-order chi connectivity index (χ0) is 8.97. The molecule has 0 radical (unpaired) electrons. The highest BCUT2D eigenvalue weighted by Gasteiger charge is 1.94. The Morgan fingerprint density at radius 2 is 2.25 bits per heavy atom. The highest BCUT2D eigenvalue weighted by Crippen LogP contribution is 2.11. The van der Waals surface area contributed by atoms with E-state index in [9.17, 15) is 0 Å². The zero-order valence-electron chi connectivity index (χ0n) is 7.96. The molecule has 0 N–H and O–H groups in total. The van der Waals surface area contributed by atoms with Crippen molar-refractivity contribution in [1.29, 1.82) is 0 Å². The van der Waals surface area contributed by atoms with E-state index in [1.165, 1.54) is 11.1 Å². The van der Waals surface area contributed by atoms with Crippen molar-refractivity contribution in [1.82, 2.24) is 4.98 Å². The van der Waals surface area contributed by atoms with Gasteiger partial charge >= 0.3 is 0 Å². The predicted molar refractivity (Wildman–Crippen MR) is 52.9 cm³/mol. The van der Waals surface area contributed by atoms with Crippen LogP contribution in [0.1, 0.15) is 31.5 Å². The number of pyridine rings is 1. The van der Waals surface area contributed by atoms with Gasteiger partial charge in [-0.2, -0.15) is 0 Å². The summed E-state index contributed by atoms with van der Waals surface area (Å²) in [6, 6.07) is 4.16. The van der Waals surface area contributed by atoms with Gasteiger partial charge in [-0.05, 0) is 37.5 Å². The van der Waals surface area contributed by atoms with Crippen molar-refractivity contribution in [2.75, 3.05) is 0 Å². The van der Waals surface area contributed by atoms with Crippen molar-refractivity contribution in [3.8, 4) is 0 Å². The average Bonchev–Trinajstić information content (AvgIpc) is 2.06. The lowest BCUT2D eigenvalue weighted by molar-refractivity contribution is 1.19. The van der Waals surface area contributed by atoms with E-state index in [0.717, 1.165) is 12.1 Å². The summed E-state index contributed by atoms with van der Waals surface area (Å²) < 4.78 is 0. The Labute approximate surface area is 74.2 Å². The molecular weight excluding hydrogens is 146 g/mol. The largest absolute Gasteiger partial charge is 0.256 e. The molecule has 1 aromatic heterocycles. The van der Waals surface area contributed by atoms with Crippen LogP contribution in [-0.4, -0.2) is 4.98 Å². The molecule has 0 aliphatic heterocycles. The Morgan fingerprint density at radius 3 is 2.75 bits per heavy atom. The highest BCUT2D eigenvalue weighted by atomic mass is 14.7. The van der Waals surface area contributed by atoms with Gasteiger partial charge in [-0.1, -0.05) is 19.1 Å². The first-order valence-electron chi connectivity index (χ1n) is 4.34. The predicted octanol–water partition coefficient (Wildman–Crippen LogP) is 3.20. The number of aryl methyl sites for hydroxylation is 1. The van der Waals surface area contributed by atoms with E-state index < -0.39 is 0 Å². The summed E-state index contributed by atoms with van der Waals surface area (Å²) in [4.78, 5) is 4.33. The van der Waals surface area contributed by atoms with Gasteiger partial charge in [0.15, 0.2) is 0 Å². The fraction of sp³-hybridized carbons (Fsp3) is 0.364. The number of nitrogens with zero attached hydrogens (tertiary/aromatic N) is 1. The third kappa shape index (κ3) is 2.19. The smallest absolute Gasteiger partial charge is 0.0655 e. The van der Waals surface area contributed by atoms with Crippen LogP contribution in [-0.2, 0) is 0 Å². The van der Waals surface area contributed by atoms with Crippen LogP contribution in [0.3, 0.4) is 0 Å². The van der Waals surface area contributed by atoms with E-state index in [1.54, 1.807) is 0 Å². The second-order valence-corrected chi connectivity index (χ2v) is 3.02. The number of hydrogen-bond donors (Lipinski definition) is 0. The fourth-order valence-electron chi connectivity index (χ4n) is 1.11. The van der Waals surface area contributed by atoms with E-state index in [2.05, 4.69) is 44.0 Å². The summed E-state index contributed by atoms with van der Waals surface area (Å²) in [6.45, 7) is 6.29. The van der Waals surface area contributed by atoms with Crippen LogP contribution in [0.5, 0.6) is 0 Å². The summed E-state index contributed by atoms with van der Waals surface area (Å²) in [7, 11) is 0. The average molecular weight is 161 g/mol. The normalized spacial score (nSPS) is 11.8. The van der Waals surface area contributed by atoms with Gasteiger partial charge in [-0.25, -0.2) is 0 Å². The molecule has 0 atom stereocenters. The minimum atomic E-state index is 1.07. The molecular formula is C11H15N. The van der Waals surface area contributed by atoms with Gasteiger partial charge < -0.3 is 0 Å². The minimum Gasteiger partial charge on any atom is -0.256 e. The van der Waals surface area contributed by atoms with E-state index in [1.807, 2.05) is 6.20 Å². The van der Waals surface area contributed by atoms with Crippen LogP contribution in [0.4, 0.5) is 0 Å². The van der Waals surface area contributed by atoms with Gasteiger partial charge in [0.1, 0.15) is 0 Å². The van der Waals surface area contributed by atoms with Crippen molar-refractivity contribution in [2.24, 2.45) is 0 Å². The molecule has 0 aliphatic carbocycles. The Balaban J connectivity index is 2.89. The number of aromatic nitrogens is 1. The van der Waals surface area contributed by atoms with Gasteiger partial charge in [0, 0.05) is 6.20 Å². The topological polar surface area (TPSA) is 12.9 Å². The molecule has 1 aromatic rings. The van der Waals surface area contributed by atoms with Crippen LogP contribution < -0.4 is 0 Å². The molecule has 0 bridgehead atoms. The van der Waals surface area contributed by atoms with Gasteiger partial charge in [-0.15, -0.1) is 0 Å². The van der Waals surface area contributed by atoms with Gasteiger partial charge in [0.2, 0.25) is 0 Å². The zero-order valence-corrected chi connectivity index (χ0v) is 7.96.